The summed E-state index contributed by atoms with van der Waals surface area (Å²) in [5, 5.41) is 12.8. The molecule has 5 rings (SSSR count). The number of nitrogens with zero attached hydrogens (tertiary/aromatic N) is 1. The second-order valence-electron chi connectivity index (χ2n) is 10.1. The topological polar surface area (TPSA) is 135 Å². The third kappa shape index (κ3) is 7.39. The molecule has 0 radical (unpaired) electrons. The smallest absolute Gasteiger partial charge is 0.257 e. The number of benzene rings is 4. The Morgan fingerprint density at radius 2 is 1.31 bits per heavy atom. The summed E-state index contributed by atoms with van der Waals surface area (Å²) < 4.78 is 62.6. The highest BCUT2D eigenvalue weighted by atomic mass is 79.9. The van der Waals surface area contributed by atoms with E-state index in [1.54, 1.807) is 12.1 Å². The summed E-state index contributed by atoms with van der Waals surface area (Å²) in [6.45, 7) is -0.122. The van der Waals surface area contributed by atoms with Crippen molar-refractivity contribution in [2.45, 2.75) is 28.6 Å². The maximum Gasteiger partial charge on any atom is 0.257 e. The fraction of sp³-hybridized carbons (Fsp3) is 0.167. The molecule has 1 amide bonds. The molecule has 1 aliphatic heterocycles. The molecule has 0 aliphatic carbocycles. The largest absolute Gasteiger partial charge is 0.363 e. The Labute approximate surface area is 283 Å². The van der Waals surface area contributed by atoms with Gasteiger partial charge in [0, 0.05) is 44.2 Å². The maximum atomic E-state index is 15.1. The lowest BCUT2D eigenvalue weighted by Gasteiger charge is -2.35. The zero-order chi connectivity index (χ0) is 33.5. The number of halogens is 5. The van der Waals surface area contributed by atoms with Crippen LogP contribution in [0, 0.1) is 5.82 Å². The summed E-state index contributed by atoms with van der Waals surface area (Å²) >= 11 is 20.8. The van der Waals surface area contributed by atoms with E-state index in [4.69, 9.17) is 40.5 Å². The third-order valence-electron chi connectivity index (χ3n) is 6.92. The van der Waals surface area contributed by atoms with Crippen molar-refractivity contribution >= 4 is 76.3 Å². The number of aliphatic hydroxyl groups is 1. The van der Waals surface area contributed by atoms with E-state index in [2.05, 4.69) is 15.9 Å². The van der Waals surface area contributed by atoms with Crippen molar-refractivity contribution in [3.63, 3.8) is 0 Å². The van der Waals surface area contributed by atoms with Gasteiger partial charge in [0.05, 0.1) is 27.5 Å². The zero-order valence-corrected chi connectivity index (χ0v) is 29.0. The van der Waals surface area contributed by atoms with Gasteiger partial charge in [0.2, 0.25) is 0 Å². The second kappa shape index (κ2) is 13.3. The summed E-state index contributed by atoms with van der Waals surface area (Å²) in [5.41, 5.74) is 3.95. The average Bonchev–Trinajstić information content (AvgIpc) is 3.16. The van der Waals surface area contributed by atoms with Crippen molar-refractivity contribution in [3.05, 3.63) is 126 Å². The van der Waals surface area contributed by atoms with E-state index < -0.39 is 37.1 Å². The maximum absolute atomic E-state index is 15.1. The summed E-state index contributed by atoms with van der Waals surface area (Å²) in [6.07, 6.45) is 2.16. The molecular formula is C30H25BrCl3FN2O6S2. The molecule has 45 heavy (non-hydrogen) atoms. The molecule has 0 fully saturated rings. The van der Waals surface area contributed by atoms with Gasteiger partial charge in [-0.05, 0) is 59.7 Å². The number of nitrogens with two attached hydrogens (primary N) is 1. The Bertz CT molecular complexity index is 2030. The van der Waals surface area contributed by atoms with E-state index in [0.717, 1.165) is 23.5 Å². The fourth-order valence-corrected chi connectivity index (χ4v) is 7.86. The third-order valence-corrected chi connectivity index (χ3v) is 10.5. The van der Waals surface area contributed by atoms with Crippen LogP contribution in [0.15, 0.2) is 87.1 Å². The van der Waals surface area contributed by atoms with Crippen LogP contribution in [0.2, 0.25) is 15.1 Å². The summed E-state index contributed by atoms with van der Waals surface area (Å²) in [6, 6.07) is 17.4. The van der Waals surface area contributed by atoms with Gasteiger partial charge >= 0.3 is 0 Å². The molecule has 3 N–H and O–H groups in total. The van der Waals surface area contributed by atoms with E-state index in [1.807, 2.05) is 0 Å². The minimum absolute atomic E-state index is 0.0378. The molecule has 0 aromatic heterocycles. The molecule has 1 aliphatic rings. The highest BCUT2D eigenvalue weighted by Gasteiger charge is 2.52. The Kier molecular flexibility index (Phi) is 10.4. The summed E-state index contributed by atoms with van der Waals surface area (Å²) in [7, 11) is -6.94. The van der Waals surface area contributed by atoms with E-state index in [9.17, 15) is 26.7 Å². The van der Waals surface area contributed by atoms with Crippen LogP contribution in [-0.2, 0) is 38.5 Å². The van der Waals surface area contributed by atoms with Crippen LogP contribution in [-0.4, -0.2) is 45.3 Å². The molecule has 15 heteroatoms. The van der Waals surface area contributed by atoms with Gasteiger partial charge in [-0.15, -0.1) is 0 Å². The van der Waals surface area contributed by atoms with Crippen LogP contribution in [0.25, 0.3) is 0 Å². The highest BCUT2D eigenvalue weighted by molar-refractivity contribution is 9.10. The minimum Gasteiger partial charge on any atom is -0.363 e. The number of hydrogen-bond acceptors (Lipinski definition) is 7. The van der Waals surface area contributed by atoms with Crippen molar-refractivity contribution < 1.29 is 31.1 Å². The molecule has 1 unspecified atom stereocenters. The first-order valence-corrected chi connectivity index (χ1v) is 18.6. The average molecular weight is 779 g/mol. The molecule has 1 heterocycles. The monoisotopic (exact) mass is 776 g/mol. The fourth-order valence-electron chi connectivity index (χ4n) is 4.91. The van der Waals surface area contributed by atoms with Gasteiger partial charge < -0.3 is 10.8 Å². The normalized spacial score (nSPS) is 16.3. The predicted molar refractivity (Wildman–Crippen MR) is 175 cm³/mol. The highest BCUT2D eigenvalue weighted by Crippen LogP contribution is 2.46. The summed E-state index contributed by atoms with van der Waals surface area (Å²) in [4.78, 5) is 14.5. The van der Waals surface area contributed by atoms with E-state index in [0.29, 0.717) is 20.1 Å². The quantitative estimate of drug-likeness (QED) is 0.233. The molecule has 0 saturated heterocycles. The van der Waals surface area contributed by atoms with Gasteiger partial charge in [-0.3, -0.25) is 9.69 Å². The number of carbonyl (C=O) groups is 1. The lowest BCUT2D eigenvalue weighted by atomic mass is 9.93. The van der Waals surface area contributed by atoms with Gasteiger partial charge in [-0.25, -0.2) is 21.2 Å². The Balaban J connectivity index is 0.000000297. The molecule has 0 spiro atoms. The van der Waals surface area contributed by atoms with Crippen LogP contribution in [0.1, 0.15) is 32.6 Å². The lowest BCUT2D eigenvalue weighted by Crippen LogP contribution is -2.44. The summed E-state index contributed by atoms with van der Waals surface area (Å²) in [5.74, 6) is -1.45. The van der Waals surface area contributed by atoms with Crippen LogP contribution in [0.4, 0.5) is 4.39 Å². The molecule has 1 atom stereocenters. The molecular weight excluding hydrogens is 754 g/mol. The van der Waals surface area contributed by atoms with Crippen molar-refractivity contribution in [3.8, 4) is 0 Å². The molecule has 238 valence electrons. The first-order valence-electron chi connectivity index (χ1n) is 12.8. The van der Waals surface area contributed by atoms with Gasteiger partial charge in [-0.1, -0.05) is 75.0 Å². The van der Waals surface area contributed by atoms with Crippen LogP contribution >= 0.6 is 50.7 Å². The van der Waals surface area contributed by atoms with Crippen molar-refractivity contribution in [2.75, 3.05) is 12.5 Å². The van der Waals surface area contributed by atoms with E-state index >= 15 is 4.39 Å². The number of fused-ring (bicyclic) bond motifs is 1. The van der Waals surface area contributed by atoms with Crippen LogP contribution in [0.3, 0.4) is 0 Å². The van der Waals surface area contributed by atoms with E-state index in [-0.39, 0.29) is 50.2 Å². The van der Waals surface area contributed by atoms with Crippen molar-refractivity contribution in [2.24, 2.45) is 5.73 Å². The van der Waals surface area contributed by atoms with Crippen molar-refractivity contribution in [1.29, 1.82) is 0 Å². The molecule has 4 aromatic carbocycles. The van der Waals surface area contributed by atoms with Crippen LogP contribution in [0.5, 0.6) is 0 Å². The lowest BCUT2D eigenvalue weighted by molar-refractivity contribution is -0.0565. The number of rotatable bonds is 6. The van der Waals surface area contributed by atoms with Gasteiger partial charge in [0.25, 0.3) is 5.91 Å². The Hall–Kier alpha value is -2.55. The zero-order valence-electron chi connectivity index (χ0n) is 23.6. The first-order chi connectivity index (χ1) is 20.9. The SMILES string of the molecule is CS(=O)(=O)c1cc(Cl)ccc1CN.CS(=O)(=O)c1cc(Cl)ccc1CN1C(=O)c2cc(Br)cc(F)c2C1(O)c1ccc(Cl)cc1. The van der Waals surface area contributed by atoms with Crippen molar-refractivity contribution in [1.82, 2.24) is 4.90 Å². The molecule has 4 aromatic rings. The predicted octanol–water partition coefficient (Wildman–Crippen LogP) is 6.35. The Morgan fingerprint density at radius 3 is 1.82 bits per heavy atom. The molecule has 8 nitrogen and oxygen atoms in total. The Morgan fingerprint density at radius 1 is 0.822 bits per heavy atom. The van der Waals surface area contributed by atoms with E-state index in [1.165, 1.54) is 54.6 Å². The standard InChI is InChI=1S/C22H15BrCl2FNO4S.C8H10ClNO2S/c1-32(30,31)19-10-16(25)5-2-12(19)11-27-21(28)17-8-14(23)9-18(26)20(17)22(27,29)13-3-6-15(24)7-4-13;1-13(11,12)8-4-7(9)3-2-6(8)5-10/h2-10,29H,11H2,1H3;2-4H,5,10H2,1H3. The molecule has 0 bridgehead atoms. The second-order valence-corrected chi connectivity index (χ2v) is 16.3. The van der Waals surface area contributed by atoms with Gasteiger partial charge in [0.1, 0.15) is 5.82 Å². The number of hydrogen-bond donors (Lipinski definition) is 2. The van der Waals surface area contributed by atoms with Gasteiger partial charge in [-0.2, -0.15) is 0 Å². The molecule has 0 saturated carbocycles. The first kappa shape index (κ1) is 35.3. The number of sulfone groups is 2. The van der Waals surface area contributed by atoms with Gasteiger partial charge in [0.15, 0.2) is 25.4 Å². The number of carbonyl (C=O) groups excluding carboxylic acids is 1. The minimum atomic E-state index is -3.71. The number of amides is 1. The van der Waals surface area contributed by atoms with Crippen LogP contribution < -0.4 is 5.73 Å².